The molecule has 0 aliphatic heterocycles. The van der Waals surface area contributed by atoms with Crippen molar-refractivity contribution in [3.63, 3.8) is 0 Å². The Balaban J connectivity index is 1.34. The Morgan fingerprint density at radius 2 is 2.06 bits per heavy atom. The zero-order valence-electron chi connectivity index (χ0n) is 18.7. The van der Waals surface area contributed by atoms with Crippen molar-refractivity contribution in [3.05, 3.63) is 69.8 Å². The molecule has 4 aliphatic rings. The zero-order valence-corrected chi connectivity index (χ0v) is 18.7. The Bertz CT molecular complexity index is 1390. The summed E-state index contributed by atoms with van der Waals surface area (Å²) in [5.74, 6) is 0.0340. The van der Waals surface area contributed by atoms with Crippen molar-refractivity contribution in [3.8, 4) is 5.75 Å². The zero-order chi connectivity index (χ0) is 23.0. The largest absolute Gasteiger partial charge is 0.490 e. The first kappa shape index (κ1) is 20.0. The number of aromatic nitrogens is 3. The summed E-state index contributed by atoms with van der Waals surface area (Å²) >= 11 is 0. The first-order valence-electron chi connectivity index (χ1n) is 11.4. The van der Waals surface area contributed by atoms with E-state index in [1.54, 1.807) is 35.2 Å². The molecular formula is C25H25N5O3. The van der Waals surface area contributed by atoms with Crippen LogP contribution in [0.1, 0.15) is 68.0 Å². The average molecular weight is 444 g/mol. The van der Waals surface area contributed by atoms with Crippen LogP contribution in [0, 0.1) is 6.57 Å². The Hall–Kier alpha value is -3.60. The van der Waals surface area contributed by atoms with Crippen LogP contribution in [0.25, 0.3) is 10.5 Å². The van der Waals surface area contributed by atoms with Gasteiger partial charge in [0, 0.05) is 55.4 Å². The molecule has 1 N–H and O–H groups in total. The molecule has 3 aromatic heterocycles. The van der Waals surface area contributed by atoms with E-state index >= 15 is 0 Å². The van der Waals surface area contributed by atoms with E-state index in [1.165, 1.54) is 0 Å². The van der Waals surface area contributed by atoms with Crippen LogP contribution in [0.15, 0.2) is 41.6 Å². The molecule has 0 atom stereocenters. The third-order valence-electron chi connectivity index (χ3n) is 7.11. The highest BCUT2D eigenvalue weighted by Crippen LogP contribution is 2.69. The lowest BCUT2D eigenvalue weighted by atomic mass is 9.39. The number of fused-ring (bicyclic) bond motifs is 1. The van der Waals surface area contributed by atoms with Gasteiger partial charge in [0.15, 0.2) is 0 Å². The quantitative estimate of drug-likeness (QED) is 0.585. The smallest absolute Gasteiger partial charge is 0.274 e. The summed E-state index contributed by atoms with van der Waals surface area (Å²) in [4.78, 5) is 34.6. The van der Waals surface area contributed by atoms with Crippen LogP contribution < -0.4 is 15.6 Å². The molecule has 2 bridgehead atoms. The van der Waals surface area contributed by atoms with Gasteiger partial charge in [-0.15, -0.1) is 0 Å². The minimum atomic E-state index is -0.397. The van der Waals surface area contributed by atoms with Gasteiger partial charge in [-0.1, -0.05) is 0 Å². The topological polar surface area (TPSA) is 82.0 Å². The minimum absolute atomic E-state index is 0.00398. The number of amides is 1. The maximum absolute atomic E-state index is 13.3. The van der Waals surface area contributed by atoms with Crippen molar-refractivity contribution in [2.45, 2.75) is 69.1 Å². The van der Waals surface area contributed by atoms with Gasteiger partial charge >= 0.3 is 0 Å². The second kappa shape index (κ2) is 6.70. The van der Waals surface area contributed by atoms with Crippen molar-refractivity contribution >= 4 is 17.2 Å². The van der Waals surface area contributed by atoms with E-state index < -0.39 is 5.91 Å². The van der Waals surface area contributed by atoms with Crippen LogP contribution in [0.4, 0.5) is 5.69 Å². The molecule has 0 aromatic carbocycles. The highest BCUT2D eigenvalue weighted by Gasteiger charge is 2.76. The maximum atomic E-state index is 13.3. The summed E-state index contributed by atoms with van der Waals surface area (Å²) in [6.07, 6.45) is 9.87. The summed E-state index contributed by atoms with van der Waals surface area (Å²) < 4.78 is 9.49. The molecule has 168 valence electrons. The van der Waals surface area contributed by atoms with Crippen LogP contribution in [-0.2, 0) is 5.41 Å². The highest BCUT2D eigenvalue weighted by molar-refractivity contribution is 6.06. The van der Waals surface area contributed by atoms with Gasteiger partial charge in [-0.25, -0.2) is 11.6 Å². The van der Waals surface area contributed by atoms with Crippen molar-refractivity contribution in [2.75, 3.05) is 5.32 Å². The van der Waals surface area contributed by atoms with Gasteiger partial charge in [0.1, 0.15) is 17.1 Å². The van der Waals surface area contributed by atoms with Crippen LogP contribution >= 0.6 is 0 Å². The van der Waals surface area contributed by atoms with Gasteiger partial charge < -0.3 is 23.9 Å². The van der Waals surface area contributed by atoms with E-state index in [0.717, 1.165) is 37.8 Å². The maximum Gasteiger partial charge on any atom is 0.274 e. The van der Waals surface area contributed by atoms with E-state index in [2.05, 4.69) is 10.2 Å². The molecule has 8 heteroatoms. The fourth-order valence-electron chi connectivity index (χ4n) is 5.35. The Labute approximate surface area is 191 Å². The summed E-state index contributed by atoms with van der Waals surface area (Å²) in [6.45, 7) is 11.2. The van der Waals surface area contributed by atoms with Gasteiger partial charge in [0.2, 0.25) is 5.54 Å². The van der Waals surface area contributed by atoms with Crippen molar-refractivity contribution in [2.24, 2.45) is 0 Å². The van der Waals surface area contributed by atoms with Gasteiger partial charge in [0.05, 0.1) is 17.4 Å². The second-order valence-corrected chi connectivity index (χ2v) is 10.1. The van der Waals surface area contributed by atoms with Crippen LogP contribution in [0.2, 0.25) is 0 Å². The minimum Gasteiger partial charge on any atom is -0.490 e. The standard InChI is InChI=1S/C25H25N5O3/c1-15(2)33-19-9-21-28-20(24-12-25(13-24,14-24)26-3)11-29(21)10-17(19)22(31)27-18-5-4-8-30(23(18)32)16-6-7-16/h4-5,8-11,15-16H,6-7,12-14H2,1-2H3,(H,27,31). The molecule has 33 heavy (non-hydrogen) atoms. The van der Waals surface area contributed by atoms with E-state index in [1.807, 2.05) is 24.4 Å². The summed E-state index contributed by atoms with van der Waals surface area (Å²) in [6, 6.07) is 5.42. The third-order valence-corrected chi connectivity index (χ3v) is 7.11. The first-order chi connectivity index (χ1) is 15.8. The predicted octanol–water partition coefficient (Wildman–Crippen LogP) is 3.96. The molecule has 8 nitrogen and oxygen atoms in total. The molecule has 0 saturated heterocycles. The predicted molar refractivity (Wildman–Crippen MR) is 123 cm³/mol. The third kappa shape index (κ3) is 3.06. The van der Waals surface area contributed by atoms with Crippen LogP contribution in [0.3, 0.4) is 0 Å². The lowest BCUT2D eigenvalue weighted by molar-refractivity contribution is -0.0316. The van der Waals surface area contributed by atoms with Gasteiger partial charge in [-0.2, -0.15) is 0 Å². The molecule has 3 aromatic rings. The molecule has 7 rings (SSSR count). The lowest BCUT2D eigenvalue weighted by Gasteiger charge is -2.61. The number of anilines is 1. The normalized spacial score (nSPS) is 25.3. The molecule has 1 amide bonds. The number of carbonyl (C=O) groups is 1. The number of carbonyl (C=O) groups excluding carboxylic acids is 1. The van der Waals surface area contributed by atoms with E-state index in [-0.39, 0.29) is 34.3 Å². The van der Waals surface area contributed by atoms with Gasteiger partial charge in [-0.3, -0.25) is 9.59 Å². The fourth-order valence-corrected chi connectivity index (χ4v) is 5.35. The van der Waals surface area contributed by atoms with E-state index in [4.69, 9.17) is 16.3 Å². The van der Waals surface area contributed by atoms with Crippen LogP contribution in [0.5, 0.6) is 5.75 Å². The van der Waals surface area contributed by atoms with Crippen molar-refractivity contribution in [1.82, 2.24) is 14.0 Å². The van der Waals surface area contributed by atoms with E-state index in [0.29, 0.717) is 17.0 Å². The lowest BCUT2D eigenvalue weighted by Crippen LogP contribution is -2.67. The van der Waals surface area contributed by atoms with Crippen molar-refractivity contribution < 1.29 is 9.53 Å². The summed E-state index contributed by atoms with van der Waals surface area (Å²) in [5, 5.41) is 2.79. The summed E-state index contributed by atoms with van der Waals surface area (Å²) in [7, 11) is 0. The van der Waals surface area contributed by atoms with Gasteiger partial charge in [-0.05, 0) is 38.8 Å². The number of hydrogen-bond donors (Lipinski definition) is 1. The number of nitrogens with zero attached hydrogens (tertiary/aromatic N) is 4. The second-order valence-electron chi connectivity index (χ2n) is 10.1. The fraction of sp³-hybridized carbons (Fsp3) is 0.440. The molecule has 4 saturated carbocycles. The number of ether oxygens (including phenoxy) is 1. The van der Waals surface area contributed by atoms with Crippen molar-refractivity contribution in [1.29, 1.82) is 0 Å². The number of imidazole rings is 1. The molecule has 4 fully saturated rings. The monoisotopic (exact) mass is 443 g/mol. The first-order valence-corrected chi connectivity index (χ1v) is 11.4. The highest BCUT2D eigenvalue weighted by atomic mass is 16.5. The molecule has 3 heterocycles. The number of pyridine rings is 2. The molecule has 0 radical (unpaired) electrons. The number of hydrogen-bond acceptors (Lipinski definition) is 4. The molecule has 0 unspecified atom stereocenters. The van der Waals surface area contributed by atoms with E-state index in [9.17, 15) is 9.59 Å². The molecule has 0 spiro atoms. The van der Waals surface area contributed by atoms with Crippen LogP contribution in [-0.4, -0.2) is 31.5 Å². The molecular weight excluding hydrogens is 418 g/mol. The molecule has 4 aliphatic carbocycles. The Morgan fingerprint density at radius 3 is 2.73 bits per heavy atom. The average Bonchev–Trinajstić information content (AvgIpc) is 3.46. The number of nitrogens with one attached hydrogen (secondary N) is 1. The number of rotatable bonds is 6. The van der Waals surface area contributed by atoms with Gasteiger partial charge in [0.25, 0.3) is 11.5 Å². The summed E-state index contributed by atoms with van der Waals surface area (Å²) in [5.41, 5.74) is 1.91. The Kier molecular flexibility index (Phi) is 4.07. The Morgan fingerprint density at radius 1 is 1.30 bits per heavy atom. The SMILES string of the molecule is [C-]#[N+]C12CC(c3cn4cc(C(=O)Nc5cccn(C6CC6)c5=O)c(OC(C)C)cc4n3)(C1)C2.